The number of carbonyl (C=O) groups is 2. The third kappa shape index (κ3) is 12.8. The van der Waals surface area contributed by atoms with Crippen LogP contribution in [0.15, 0.2) is 18.2 Å². The van der Waals surface area contributed by atoms with E-state index in [2.05, 4.69) is 6.92 Å². The van der Waals surface area contributed by atoms with Crippen molar-refractivity contribution in [3.63, 3.8) is 0 Å². The van der Waals surface area contributed by atoms with Crippen molar-refractivity contribution in [3.05, 3.63) is 39.4 Å². The van der Waals surface area contributed by atoms with Crippen LogP contribution >= 0.6 is 0 Å². The number of rotatable bonds is 17. The highest BCUT2D eigenvalue weighted by molar-refractivity contribution is 5.72. The molecule has 1 rings (SSSR count). The molecule has 0 radical (unpaired) electrons. The molecule has 7 heteroatoms. The Morgan fingerprint density at radius 2 is 1.45 bits per heavy atom. The summed E-state index contributed by atoms with van der Waals surface area (Å²) < 4.78 is 10.3. The summed E-state index contributed by atoms with van der Waals surface area (Å²) in [5, 5.41) is 11.0. The van der Waals surface area contributed by atoms with E-state index in [0.717, 1.165) is 12.8 Å². The quantitative estimate of drug-likeness (QED) is 0.125. The summed E-state index contributed by atoms with van der Waals surface area (Å²) in [5.41, 5.74) is 1.12. The second kappa shape index (κ2) is 16.3. The van der Waals surface area contributed by atoms with E-state index in [1.54, 1.807) is 19.1 Å². The maximum Gasteiger partial charge on any atom is 0.306 e. The first-order chi connectivity index (χ1) is 14.9. The van der Waals surface area contributed by atoms with Gasteiger partial charge in [0.05, 0.1) is 11.5 Å². The van der Waals surface area contributed by atoms with Gasteiger partial charge in [-0.1, -0.05) is 70.4 Å². The lowest BCUT2D eigenvalue weighted by atomic mass is 10.1. The van der Waals surface area contributed by atoms with Gasteiger partial charge in [0.15, 0.2) is 0 Å². The molecule has 0 N–H and O–H groups in total. The highest BCUT2D eigenvalue weighted by atomic mass is 16.6. The van der Waals surface area contributed by atoms with Crippen LogP contribution in [0.3, 0.4) is 0 Å². The minimum atomic E-state index is -0.457. The normalized spacial score (nSPS) is 10.6. The molecule has 0 atom stereocenters. The molecule has 31 heavy (non-hydrogen) atoms. The smallest absolute Gasteiger partial charge is 0.306 e. The average Bonchev–Trinajstić information content (AvgIpc) is 2.74. The Bertz CT molecular complexity index is 689. The van der Waals surface area contributed by atoms with Crippen LogP contribution in [0.2, 0.25) is 0 Å². The molecule has 0 amide bonds. The number of nitro groups is 1. The minimum absolute atomic E-state index is 0.00303. The molecule has 0 heterocycles. The molecular formula is C24H37NO6. The summed E-state index contributed by atoms with van der Waals surface area (Å²) in [4.78, 5) is 34.1. The number of hydrogen-bond acceptors (Lipinski definition) is 6. The van der Waals surface area contributed by atoms with Gasteiger partial charge in [0.25, 0.3) is 5.69 Å². The zero-order chi connectivity index (χ0) is 22.9. The van der Waals surface area contributed by atoms with Crippen molar-refractivity contribution in [1.29, 1.82) is 0 Å². The van der Waals surface area contributed by atoms with Crippen LogP contribution < -0.4 is 0 Å². The second-order valence-corrected chi connectivity index (χ2v) is 7.94. The van der Waals surface area contributed by atoms with Crippen LogP contribution in [0, 0.1) is 17.0 Å². The Kier molecular flexibility index (Phi) is 14.0. The summed E-state index contributed by atoms with van der Waals surface area (Å²) in [5.74, 6) is -0.725. The third-order valence-electron chi connectivity index (χ3n) is 5.14. The number of hydrogen-bond donors (Lipinski definition) is 0. The summed E-state index contributed by atoms with van der Waals surface area (Å²) in [6.45, 7) is 4.29. The van der Waals surface area contributed by atoms with Crippen LogP contribution in [-0.4, -0.2) is 23.5 Å². The molecule has 1 aromatic carbocycles. The van der Waals surface area contributed by atoms with E-state index in [0.29, 0.717) is 24.2 Å². The van der Waals surface area contributed by atoms with E-state index < -0.39 is 10.9 Å². The number of benzene rings is 1. The molecule has 0 bridgehead atoms. The van der Waals surface area contributed by atoms with Crippen LogP contribution in [0.25, 0.3) is 0 Å². The van der Waals surface area contributed by atoms with Crippen LogP contribution in [0.5, 0.6) is 0 Å². The SMILES string of the molecule is CCCCCCCCCCCOC(=O)CCCC(=O)OCc1ccc(C)c([N+](=O)[O-])c1. The maximum absolute atomic E-state index is 11.8. The van der Waals surface area contributed by atoms with Crippen molar-refractivity contribution in [2.45, 2.75) is 97.5 Å². The van der Waals surface area contributed by atoms with Crippen molar-refractivity contribution < 1.29 is 24.0 Å². The van der Waals surface area contributed by atoms with Crippen molar-refractivity contribution in [2.24, 2.45) is 0 Å². The molecule has 0 fully saturated rings. The topological polar surface area (TPSA) is 95.7 Å². The fraction of sp³-hybridized carbons (Fsp3) is 0.667. The first-order valence-corrected chi connectivity index (χ1v) is 11.5. The first kappa shape index (κ1) is 26.6. The highest BCUT2D eigenvalue weighted by Gasteiger charge is 2.12. The molecule has 0 saturated heterocycles. The highest BCUT2D eigenvalue weighted by Crippen LogP contribution is 2.20. The van der Waals surface area contributed by atoms with Gasteiger partial charge in [-0.15, -0.1) is 0 Å². The van der Waals surface area contributed by atoms with Gasteiger partial charge in [0.1, 0.15) is 6.61 Å². The van der Waals surface area contributed by atoms with Gasteiger partial charge < -0.3 is 9.47 Å². The molecule has 0 saturated carbocycles. The molecule has 0 unspecified atom stereocenters. The van der Waals surface area contributed by atoms with Gasteiger partial charge >= 0.3 is 11.9 Å². The molecule has 0 aliphatic carbocycles. The molecule has 0 aliphatic heterocycles. The monoisotopic (exact) mass is 435 g/mol. The standard InChI is InChI=1S/C24H37NO6/c1-3-4-5-6-7-8-9-10-11-17-30-23(26)13-12-14-24(27)31-19-21-16-15-20(2)22(18-21)25(28)29/h15-16,18H,3-14,17,19H2,1-2H3. The lowest BCUT2D eigenvalue weighted by Crippen LogP contribution is -2.09. The van der Waals surface area contributed by atoms with Gasteiger partial charge in [-0.3, -0.25) is 19.7 Å². The van der Waals surface area contributed by atoms with Gasteiger partial charge in [0, 0.05) is 24.5 Å². The van der Waals surface area contributed by atoms with E-state index in [-0.39, 0.29) is 31.1 Å². The zero-order valence-electron chi connectivity index (χ0n) is 19.0. The molecule has 7 nitrogen and oxygen atoms in total. The van der Waals surface area contributed by atoms with E-state index in [9.17, 15) is 19.7 Å². The average molecular weight is 436 g/mol. The first-order valence-electron chi connectivity index (χ1n) is 11.5. The predicted molar refractivity (Wildman–Crippen MR) is 120 cm³/mol. The van der Waals surface area contributed by atoms with Crippen LogP contribution in [-0.2, 0) is 25.7 Å². The molecule has 0 aliphatic rings. The largest absolute Gasteiger partial charge is 0.466 e. The Morgan fingerprint density at radius 1 is 0.871 bits per heavy atom. The van der Waals surface area contributed by atoms with Crippen LogP contribution in [0.4, 0.5) is 5.69 Å². The predicted octanol–water partition coefficient (Wildman–Crippen LogP) is 6.19. The van der Waals surface area contributed by atoms with E-state index in [1.165, 1.54) is 51.0 Å². The number of carbonyl (C=O) groups excluding carboxylic acids is 2. The number of nitro benzene ring substituents is 1. The summed E-state index contributed by atoms with van der Waals surface area (Å²) in [6.07, 6.45) is 11.6. The number of nitrogens with zero attached hydrogens (tertiary/aromatic N) is 1. The van der Waals surface area contributed by atoms with Crippen molar-refractivity contribution in [3.8, 4) is 0 Å². The summed E-state index contributed by atoms with van der Waals surface area (Å²) in [6, 6.07) is 4.73. The Labute approximate surface area is 185 Å². The number of unbranched alkanes of at least 4 members (excludes halogenated alkanes) is 8. The summed E-state index contributed by atoms with van der Waals surface area (Å²) >= 11 is 0. The fourth-order valence-corrected chi connectivity index (χ4v) is 3.23. The zero-order valence-corrected chi connectivity index (χ0v) is 19.0. The van der Waals surface area contributed by atoms with Crippen LogP contribution in [0.1, 0.15) is 95.1 Å². The van der Waals surface area contributed by atoms with Gasteiger partial charge in [0.2, 0.25) is 0 Å². The lowest BCUT2D eigenvalue weighted by Gasteiger charge is -2.07. The third-order valence-corrected chi connectivity index (χ3v) is 5.14. The second-order valence-electron chi connectivity index (χ2n) is 7.94. The molecule has 174 valence electrons. The van der Waals surface area contributed by atoms with Gasteiger partial charge in [-0.05, 0) is 25.3 Å². The Hall–Kier alpha value is -2.44. The maximum atomic E-state index is 11.8. The van der Waals surface area contributed by atoms with Crippen molar-refractivity contribution in [2.75, 3.05) is 6.61 Å². The minimum Gasteiger partial charge on any atom is -0.466 e. The summed E-state index contributed by atoms with van der Waals surface area (Å²) in [7, 11) is 0. The fourth-order valence-electron chi connectivity index (χ4n) is 3.23. The van der Waals surface area contributed by atoms with Gasteiger partial charge in [-0.2, -0.15) is 0 Å². The molecular weight excluding hydrogens is 398 g/mol. The number of ether oxygens (including phenoxy) is 2. The van der Waals surface area contributed by atoms with Gasteiger partial charge in [-0.25, -0.2) is 0 Å². The number of aryl methyl sites for hydroxylation is 1. The number of esters is 2. The van der Waals surface area contributed by atoms with Crippen molar-refractivity contribution in [1.82, 2.24) is 0 Å². The lowest BCUT2D eigenvalue weighted by molar-refractivity contribution is -0.385. The molecule has 0 spiro atoms. The Morgan fingerprint density at radius 3 is 2.06 bits per heavy atom. The van der Waals surface area contributed by atoms with E-state index in [1.807, 2.05) is 0 Å². The molecule has 1 aromatic rings. The van der Waals surface area contributed by atoms with Crippen molar-refractivity contribution >= 4 is 17.6 Å². The van der Waals surface area contributed by atoms with E-state index >= 15 is 0 Å². The molecule has 0 aromatic heterocycles. The van der Waals surface area contributed by atoms with E-state index in [4.69, 9.17) is 9.47 Å². The Balaban J connectivity index is 2.05.